The highest BCUT2D eigenvalue weighted by atomic mass is 19.1. The van der Waals surface area contributed by atoms with Gasteiger partial charge in [-0.3, -0.25) is 0 Å². The van der Waals surface area contributed by atoms with Crippen LogP contribution in [0.15, 0.2) is 54.6 Å². The van der Waals surface area contributed by atoms with Crippen LogP contribution in [-0.2, 0) is 19.3 Å². The Morgan fingerprint density at radius 2 is 1.50 bits per heavy atom. The van der Waals surface area contributed by atoms with Gasteiger partial charge in [-0.2, -0.15) is 5.26 Å². The Bertz CT molecular complexity index is 1070. The molecule has 0 atom stereocenters. The average molecular weight is 398 g/mol. The lowest BCUT2D eigenvalue weighted by atomic mass is 9.83. The van der Waals surface area contributed by atoms with Crippen molar-refractivity contribution in [3.05, 3.63) is 82.7 Å². The van der Waals surface area contributed by atoms with Gasteiger partial charge in [-0.1, -0.05) is 69.0 Å². The molecule has 0 radical (unpaired) electrons. The minimum Gasteiger partial charge on any atom is -0.207 e. The Morgan fingerprint density at radius 1 is 0.800 bits per heavy atom. The zero-order valence-corrected chi connectivity index (χ0v) is 17.7. The summed E-state index contributed by atoms with van der Waals surface area (Å²) in [4.78, 5) is 0. The first-order valence-corrected chi connectivity index (χ1v) is 11.1. The van der Waals surface area contributed by atoms with Crippen molar-refractivity contribution in [2.45, 2.75) is 58.3 Å². The van der Waals surface area contributed by atoms with Gasteiger partial charge in [0.25, 0.3) is 0 Å². The van der Waals surface area contributed by atoms with Gasteiger partial charge in [0.2, 0.25) is 0 Å². The summed E-state index contributed by atoms with van der Waals surface area (Å²) in [7, 11) is 0. The van der Waals surface area contributed by atoms with Gasteiger partial charge in [-0.25, -0.2) is 4.39 Å². The van der Waals surface area contributed by atoms with E-state index < -0.39 is 0 Å². The lowest BCUT2D eigenvalue weighted by Gasteiger charge is -2.22. The predicted octanol–water partition coefficient (Wildman–Crippen LogP) is 7.64. The molecule has 30 heavy (non-hydrogen) atoms. The molecule has 0 spiro atoms. The molecule has 0 amide bonds. The van der Waals surface area contributed by atoms with Gasteiger partial charge in [-0.05, 0) is 82.8 Å². The number of unbranched alkanes of at least 4 members (excludes halogenated alkanes) is 4. The van der Waals surface area contributed by atoms with Gasteiger partial charge in [0, 0.05) is 0 Å². The van der Waals surface area contributed by atoms with Gasteiger partial charge in [0.1, 0.15) is 5.82 Å². The second-order valence-corrected chi connectivity index (χ2v) is 8.33. The summed E-state index contributed by atoms with van der Waals surface area (Å²) in [6.07, 6.45) is 8.79. The number of aryl methyl sites for hydroxylation is 3. The van der Waals surface area contributed by atoms with Crippen molar-refractivity contribution in [2.75, 3.05) is 0 Å². The van der Waals surface area contributed by atoms with Gasteiger partial charge in [-0.15, -0.1) is 0 Å². The van der Waals surface area contributed by atoms with Crippen LogP contribution in [0.1, 0.15) is 61.3 Å². The van der Waals surface area contributed by atoms with E-state index >= 15 is 0 Å². The third-order valence-electron chi connectivity index (χ3n) is 6.23. The van der Waals surface area contributed by atoms with Crippen LogP contribution in [0.2, 0.25) is 0 Å². The molecule has 0 N–H and O–H groups in total. The van der Waals surface area contributed by atoms with Gasteiger partial charge < -0.3 is 0 Å². The third-order valence-corrected chi connectivity index (χ3v) is 6.23. The van der Waals surface area contributed by atoms with E-state index in [1.807, 2.05) is 24.3 Å². The fraction of sp³-hybridized carbons (Fsp3) is 0.321. The van der Waals surface area contributed by atoms with Gasteiger partial charge >= 0.3 is 0 Å². The molecule has 1 aliphatic rings. The van der Waals surface area contributed by atoms with Crippen molar-refractivity contribution in [1.29, 1.82) is 5.26 Å². The highest BCUT2D eigenvalue weighted by molar-refractivity contribution is 5.77. The normalized spacial score (nSPS) is 12.2. The van der Waals surface area contributed by atoms with Crippen LogP contribution in [-0.4, -0.2) is 0 Å². The maximum Gasteiger partial charge on any atom is 0.127 e. The second kappa shape index (κ2) is 9.26. The Labute approximate surface area is 179 Å². The van der Waals surface area contributed by atoms with Crippen LogP contribution < -0.4 is 0 Å². The second-order valence-electron chi connectivity index (χ2n) is 8.33. The van der Waals surface area contributed by atoms with E-state index in [-0.39, 0.29) is 5.82 Å². The minimum absolute atomic E-state index is 0.0618. The number of rotatable bonds is 7. The summed E-state index contributed by atoms with van der Waals surface area (Å²) in [5.74, 6) is -0.0618. The Morgan fingerprint density at radius 3 is 2.23 bits per heavy atom. The zero-order chi connectivity index (χ0) is 20.9. The van der Waals surface area contributed by atoms with Crippen LogP contribution >= 0.6 is 0 Å². The average Bonchev–Trinajstić information content (AvgIpc) is 2.79. The van der Waals surface area contributed by atoms with Crippen LogP contribution in [0.5, 0.6) is 0 Å². The monoisotopic (exact) mass is 397 g/mol. The molecular formula is C28H28FN. The number of benzene rings is 3. The topological polar surface area (TPSA) is 23.8 Å². The summed E-state index contributed by atoms with van der Waals surface area (Å²) in [6.45, 7) is 2.22. The third kappa shape index (κ3) is 4.31. The SMILES string of the molecule is CCCCCCCc1cc2c(cc1F)-c1ccc(-c3ccc(C#N)cc3)cc1CC2. The van der Waals surface area contributed by atoms with Crippen LogP contribution in [0.3, 0.4) is 0 Å². The Balaban J connectivity index is 1.56. The Hall–Kier alpha value is -2.92. The number of hydrogen-bond acceptors (Lipinski definition) is 1. The molecule has 0 fully saturated rings. The van der Waals surface area contributed by atoms with E-state index in [1.165, 1.54) is 36.8 Å². The quantitative estimate of drug-likeness (QED) is 0.376. The molecule has 4 rings (SSSR count). The molecule has 0 unspecified atom stereocenters. The highest BCUT2D eigenvalue weighted by Gasteiger charge is 2.19. The molecule has 3 aromatic carbocycles. The number of hydrogen-bond donors (Lipinski definition) is 0. The van der Waals surface area contributed by atoms with E-state index in [0.717, 1.165) is 53.5 Å². The van der Waals surface area contributed by atoms with E-state index in [2.05, 4.69) is 37.3 Å². The lowest BCUT2D eigenvalue weighted by Crippen LogP contribution is -2.06. The van der Waals surface area contributed by atoms with E-state index in [1.54, 1.807) is 6.07 Å². The van der Waals surface area contributed by atoms with E-state index in [9.17, 15) is 4.39 Å². The first-order valence-electron chi connectivity index (χ1n) is 11.1. The maximum absolute atomic E-state index is 14.8. The van der Waals surface area contributed by atoms with Crippen molar-refractivity contribution in [1.82, 2.24) is 0 Å². The van der Waals surface area contributed by atoms with Crippen molar-refractivity contribution in [2.24, 2.45) is 0 Å². The number of fused-ring (bicyclic) bond motifs is 3. The smallest absolute Gasteiger partial charge is 0.127 e. The van der Waals surface area contributed by atoms with E-state index in [4.69, 9.17) is 5.26 Å². The standard InChI is InChI=1S/C28H28FN/c1-2-3-4-5-6-7-25-17-24-13-12-23-16-22(21-10-8-20(19-30)9-11-21)14-15-26(23)27(24)18-28(25)29/h8-11,14-18H,2-7,12-13H2,1H3. The largest absolute Gasteiger partial charge is 0.207 e. The molecule has 0 saturated carbocycles. The summed E-state index contributed by atoms with van der Waals surface area (Å²) >= 11 is 0. The highest BCUT2D eigenvalue weighted by Crippen LogP contribution is 2.37. The summed E-state index contributed by atoms with van der Waals surface area (Å²) in [6, 6.07) is 20.2. The fourth-order valence-corrected chi connectivity index (χ4v) is 4.49. The minimum atomic E-state index is -0.0618. The Kier molecular flexibility index (Phi) is 6.29. The van der Waals surface area contributed by atoms with Crippen molar-refractivity contribution >= 4 is 0 Å². The molecule has 152 valence electrons. The molecule has 0 saturated heterocycles. The van der Waals surface area contributed by atoms with Crippen molar-refractivity contribution < 1.29 is 4.39 Å². The van der Waals surface area contributed by atoms with Crippen molar-refractivity contribution in [3.8, 4) is 28.3 Å². The molecule has 3 aromatic rings. The van der Waals surface area contributed by atoms with Gasteiger partial charge in [0.15, 0.2) is 0 Å². The van der Waals surface area contributed by atoms with E-state index in [0.29, 0.717) is 5.56 Å². The van der Waals surface area contributed by atoms with Crippen LogP contribution in [0, 0.1) is 17.1 Å². The summed E-state index contributed by atoms with van der Waals surface area (Å²) < 4.78 is 14.8. The number of halogens is 1. The molecule has 0 aliphatic heterocycles. The van der Waals surface area contributed by atoms with Crippen LogP contribution in [0.25, 0.3) is 22.3 Å². The molecule has 2 heteroatoms. The predicted molar refractivity (Wildman–Crippen MR) is 122 cm³/mol. The maximum atomic E-state index is 14.8. The zero-order valence-electron chi connectivity index (χ0n) is 17.7. The molecule has 1 aliphatic carbocycles. The first kappa shape index (κ1) is 20.4. The molecule has 0 aromatic heterocycles. The number of nitrogens with zero attached hydrogens (tertiary/aromatic N) is 1. The molecule has 0 bridgehead atoms. The summed E-state index contributed by atoms with van der Waals surface area (Å²) in [5, 5.41) is 8.99. The van der Waals surface area contributed by atoms with Gasteiger partial charge in [0.05, 0.1) is 11.6 Å². The lowest BCUT2D eigenvalue weighted by molar-refractivity contribution is 0.587. The van der Waals surface area contributed by atoms with Crippen molar-refractivity contribution in [3.63, 3.8) is 0 Å². The van der Waals surface area contributed by atoms with Crippen LogP contribution in [0.4, 0.5) is 4.39 Å². The summed E-state index contributed by atoms with van der Waals surface area (Å²) in [5.41, 5.74) is 8.55. The first-order chi connectivity index (χ1) is 14.7. The molecule has 1 nitrogen and oxygen atoms in total. The molecular weight excluding hydrogens is 369 g/mol. The molecule has 0 heterocycles. The fourth-order valence-electron chi connectivity index (χ4n) is 4.49. The number of nitriles is 1.